The molecule has 1 N–H and O–H groups in total. The first-order chi connectivity index (χ1) is 5.20. The van der Waals surface area contributed by atoms with Gasteiger partial charge in [0.25, 0.3) is 0 Å². The molecule has 3 nitrogen and oxygen atoms in total. The van der Waals surface area contributed by atoms with Crippen LogP contribution in [0.25, 0.3) is 0 Å². The van der Waals surface area contributed by atoms with Crippen molar-refractivity contribution in [2.75, 3.05) is 12.0 Å². The normalized spacial score (nSPS) is 12.2. The second-order valence-electron chi connectivity index (χ2n) is 2.24. The number of hydrogen-bond donors (Lipinski definition) is 1. The number of thioether (sulfide) groups is 1. The summed E-state index contributed by atoms with van der Waals surface area (Å²) in [7, 11) is 0. The van der Waals surface area contributed by atoms with Gasteiger partial charge in [-0.1, -0.05) is 0 Å². The quantitative estimate of drug-likeness (QED) is 0.617. The van der Waals surface area contributed by atoms with Crippen molar-refractivity contribution in [3.05, 3.63) is 0 Å². The van der Waals surface area contributed by atoms with E-state index in [2.05, 4.69) is 5.32 Å². The van der Waals surface area contributed by atoms with Crippen LogP contribution in [0.2, 0.25) is 0 Å². The van der Waals surface area contributed by atoms with Crippen LogP contribution in [-0.2, 0) is 9.59 Å². The number of carbonyl (C=O) groups is 2. The first-order valence-corrected chi connectivity index (χ1v) is 4.83. The molecule has 1 amide bonds. The maximum Gasteiger partial charge on any atom is 0.221 e. The number of carbonyl (C=O) groups excluding carboxylic acids is 2. The molecule has 0 aliphatic rings. The van der Waals surface area contributed by atoms with Gasteiger partial charge in [-0.3, -0.25) is 4.79 Å². The Morgan fingerprint density at radius 3 is 2.82 bits per heavy atom. The third-order valence-corrected chi connectivity index (χ3v) is 1.74. The minimum absolute atomic E-state index is 0.0565. The Hall–Kier alpha value is -0.510. The molecule has 0 aliphatic heterocycles. The minimum atomic E-state index is -0.357. The minimum Gasteiger partial charge on any atom is -0.347 e. The van der Waals surface area contributed by atoms with Crippen LogP contribution in [0.4, 0.5) is 0 Å². The maximum atomic E-state index is 10.9. The fraction of sp³-hybridized carbons (Fsp3) is 0.714. The van der Waals surface area contributed by atoms with E-state index in [9.17, 15) is 9.59 Å². The number of hydrogen-bond acceptors (Lipinski definition) is 3. The van der Waals surface area contributed by atoms with Gasteiger partial charge in [-0.2, -0.15) is 11.8 Å². The van der Waals surface area contributed by atoms with E-state index in [4.69, 9.17) is 0 Å². The van der Waals surface area contributed by atoms with Crippen molar-refractivity contribution in [2.45, 2.75) is 19.4 Å². The molecule has 0 bridgehead atoms. The van der Waals surface area contributed by atoms with Crippen molar-refractivity contribution in [1.29, 1.82) is 0 Å². The van der Waals surface area contributed by atoms with Crippen LogP contribution in [0, 0.1) is 0 Å². The molecule has 0 radical (unpaired) electrons. The molecular weight excluding hydrogens is 162 g/mol. The van der Waals surface area contributed by atoms with Gasteiger partial charge in [0.15, 0.2) is 0 Å². The van der Waals surface area contributed by atoms with Gasteiger partial charge in [-0.15, -0.1) is 0 Å². The second-order valence-corrected chi connectivity index (χ2v) is 3.22. The highest BCUT2D eigenvalue weighted by Gasteiger charge is 2.03. The van der Waals surface area contributed by atoms with Gasteiger partial charge < -0.3 is 10.1 Å². The van der Waals surface area contributed by atoms with E-state index in [0.717, 1.165) is 12.0 Å². The summed E-state index contributed by atoms with van der Waals surface area (Å²) in [6.45, 7) is 1.66. The molecular formula is C7H13NO2S. The highest BCUT2D eigenvalue weighted by atomic mass is 32.2. The monoisotopic (exact) mass is 175 g/mol. The summed E-state index contributed by atoms with van der Waals surface area (Å²) >= 11 is 1.62. The van der Waals surface area contributed by atoms with Gasteiger partial charge in [0.05, 0.1) is 6.04 Å². The van der Waals surface area contributed by atoms with Crippen molar-refractivity contribution in [2.24, 2.45) is 0 Å². The summed E-state index contributed by atoms with van der Waals surface area (Å²) in [6.07, 6.45) is 3.15. The predicted octanol–water partition coefficient (Wildman–Crippen LogP) is 0.443. The van der Waals surface area contributed by atoms with E-state index < -0.39 is 0 Å². The van der Waals surface area contributed by atoms with Crippen molar-refractivity contribution >= 4 is 24.0 Å². The molecule has 11 heavy (non-hydrogen) atoms. The SMILES string of the molecule is CSCCC(=O)N[C@@H](C)C=O. The lowest BCUT2D eigenvalue weighted by Crippen LogP contribution is -2.33. The van der Waals surface area contributed by atoms with Crippen LogP contribution in [-0.4, -0.2) is 30.2 Å². The molecule has 0 rings (SSSR count). The molecule has 0 heterocycles. The third-order valence-electron chi connectivity index (χ3n) is 1.13. The number of amides is 1. The van der Waals surface area contributed by atoms with Gasteiger partial charge in [-0.25, -0.2) is 0 Å². The Morgan fingerprint density at radius 2 is 2.36 bits per heavy atom. The van der Waals surface area contributed by atoms with Crippen LogP contribution in [0.1, 0.15) is 13.3 Å². The molecule has 0 saturated carbocycles. The van der Waals surface area contributed by atoms with E-state index in [1.165, 1.54) is 0 Å². The first-order valence-electron chi connectivity index (χ1n) is 3.44. The zero-order valence-electron chi connectivity index (χ0n) is 6.79. The molecule has 0 spiro atoms. The standard InChI is InChI=1S/C7H13NO2S/c1-6(5-9)8-7(10)3-4-11-2/h5-6H,3-4H2,1-2H3,(H,8,10)/t6-/m0/s1. The van der Waals surface area contributed by atoms with Gasteiger partial charge >= 0.3 is 0 Å². The topological polar surface area (TPSA) is 46.2 Å². The van der Waals surface area contributed by atoms with Crippen LogP contribution in [0.3, 0.4) is 0 Å². The molecule has 0 unspecified atom stereocenters. The highest BCUT2D eigenvalue weighted by Crippen LogP contribution is 1.94. The summed E-state index contributed by atoms with van der Waals surface area (Å²) in [6, 6.07) is -0.357. The number of rotatable bonds is 5. The summed E-state index contributed by atoms with van der Waals surface area (Å²) < 4.78 is 0. The average Bonchev–Trinajstić information content (AvgIpc) is 2.00. The lowest BCUT2D eigenvalue weighted by Gasteiger charge is -2.05. The van der Waals surface area contributed by atoms with E-state index in [0.29, 0.717) is 6.42 Å². The Bertz CT molecular complexity index is 138. The van der Waals surface area contributed by atoms with Crippen molar-refractivity contribution in [3.63, 3.8) is 0 Å². The Labute approximate surface area is 70.9 Å². The highest BCUT2D eigenvalue weighted by molar-refractivity contribution is 7.98. The first kappa shape index (κ1) is 10.5. The molecule has 4 heteroatoms. The smallest absolute Gasteiger partial charge is 0.221 e. The predicted molar refractivity (Wildman–Crippen MR) is 46.7 cm³/mol. The summed E-state index contributed by atoms with van der Waals surface area (Å²) in [5.41, 5.74) is 0. The van der Waals surface area contributed by atoms with Crippen molar-refractivity contribution < 1.29 is 9.59 Å². The fourth-order valence-corrected chi connectivity index (χ4v) is 0.944. The largest absolute Gasteiger partial charge is 0.347 e. The van der Waals surface area contributed by atoms with E-state index >= 15 is 0 Å². The second kappa shape index (κ2) is 6.22. The molecule has 0 aliphatic carbocycles. The molecule has 0 fully saturated rings. The Balaban J connectivity index is 3.43. The zero-order chi connectivity index (χ0) is 8.69. The van der Waals surface area contributed by atoms with Gasteiger partial charge in [0.2, 0.25) is 5.91 Å². The third kappa shape index (κ3) is 5.91. The van der Waals surface area contributed by atoms with Crippen LogP contribution >= 0.6 is 11.8 Å². The molecule has 64 valence electrons. The molecule has 1 atom stereocenters. The van der Waals surface area contributed by atoms with Crippen LogP contribution in [0.15, 0.2) is 0 Å². The van der Waals surface area contributed by atoms with Gasteiger partial charge in [0, 0.05) is 12.2 Å². The van der Waals surface area contributed by atoms with Gasteiger partial charge in [-0.05, 0) is 13.2 Å². The van der Waals surface area contributed by atoms with Gasteiger partial charge in [0.1, 0.15) is 6.29 Å². The molecule has 0 saturated heterocycles. The van der Waals surface area contributed by atoms with E-state index in [1.807, 2.05) is 6.26 Å². The maximum absolute atomic E-state index is 10.9. The van der Waals surface area contributed by atoms with Crippen molar-refractivity contribution in [3.8, 4) is 0 Å². The molecule has 0 aromatic carbocycles. The Morgan fingerprint density at radius 1 is 1.73 bits per heavy atom. The lowest BCUT2D eigenvalue weighted by molar-refractivity contribution is -0.123. The Kier molecular flexibility index (Phi) is 5.93. The fourth-order valence-electron chi connectivity index (χ4n) is 0.555. The molecule has 0 aromatic heterocycles. The number of aldehydes is 1. The lowest BCUT2D eigenvalue weighted by atomic mass is 10.3. The molecule has 0 aromatic rings. The average molecular weight is 175 g/mol. The van der Waals surface area contributed by atoms with E-state index in [-0.39, 0.29) is 11.9 Å². The van der Waals surface area contributed by atoms with Crippen LogP contribution < -0.4 is 5.32 Å². The summed E-state index contributed by atoms with van der Waals surface area (Å²) in [4.78, 5) is 21.0. The summed E-state index contributed by atoms with van der Waals surface area (Å²) in [5, 5.41) is 2.54. The van der Waals surface area contributed by atoms with Crippen molar-refractivity contribution in [1.82, 2.24) is 5.32 Å². The summed E-state index contributed by atoms with van der Waals surface area (Å²) in [5.74, 6) is 0.746. The van der Waals surface area contributed by atoms with Crippen LogP contribution in [0.5, 0.6) is 0 Å². The number of nitrogens with one attached hydrogen (secondary N) is 1. The zero-order valence-corrected chi connectivity index (χ0v) is 7.61. The van der Waals surface area contributed by atoms with E-state index in [1.54, 1.807) is 18.7 Å².